The molecular formula is C14H18FNS. The van der Waals surface area contributed by atoms with E-state index in [1.807, 2.05) is 6.07 Å². The summed E-state index contributed by atoms with van der Waals surface area (Å²) in [4.78, 5) is 1.31. The van der Waals surface area contributed by atoms with Gasteiger partial charge >= 0.3 is 0 Å². The monoisotopic (exact) mass is 251 g/mol. The fourth-order valence-electron chi connectivity index (χ4n) is 1.89. The smallest absolute Gasteiger partial charge is 0.124 e. The molecule has 92 valence electrons. The van der Waals surface area contributed by atoms with Crippen molar-refractivity contribution in [3.8, 4) is 0 Å². The van der Waals surface area contributed by atoms with Crippen LogP contribution < -0.4 is 5.32 Å². The Balaban J connectivity index is 2.20. The van der Waals surface area contributed by atoms with Gasteiger partial charge in [-0.3, -0.25) is 0 Å². The van der Waals surface area contributed by atoms with Gasteiger partial charge in [0.2, 0.25) is 0 Å². The molecule has 1 N–H and O–H groups in total. The minimum absolute atomic E-state index is 0.152. The summed E-state index contributed by atoms with van der Waals surface area (Å²) in [5.41, 5.74) is 1.28. The van der Waals surface area contributed by atoms with E-state index in [-0.39, 0.29) is 5.82 Å². The third-order valence-corrected chi connectivity index (χ3v) is 4.09. The maximum Gasteiger partial charge on any atom is 0.124 e. The maximum atomic E-state index is 13.1. The fourth-order valence-corrected chi connectivity index (χ4v) is 3.10. The number of aryl methyl sites for hydroxylation is 1. The summed E-state index contributed by atoms with van der Waals surface area (Å²) in [5.74, 6) is 0.502. The van der Waals surface area contributed by atoms with Gasteiger partial charge in [0.15, 0.2) is 0 Å². The second-order valence-electron chi connectivity index (χ2n) is 4.82. The van der Waals surface area contributed by atoms with Crippen molar-refractivity contribution in [2.75, 3.05) is 6.54 Å². The van der Waals surface area contributed by atoms with Crippen molar-refractivity contribution < 1.29 is 4.39 Å². The minimum atomic E-state index is -0.152. The standard InChI is InChI=1S/C14H18FNS/c1-9(2)7-16-8-14-10(3)12-5-4-11(15)6-13(12)17-14/h4-6,9,16H,7-8H2,1-3H3. The first-order chi connectivity index (χ1) is 8.08. The van der Waals surface area contributed by atoms with Crippen molar-refractivity contribution in [2.45, 2.75) is 27.3 Å². The average molecular weight is 251 g/mol. The Bertz CT molecular complexity index is 516. The van der Waals surface area contributed by atoms with E-state index in [1.165, 1.54) is 21.9 Å². The fraction of sp³-hybridized carbons (Fsp3) is 0.429. The van der Waals surface area contributed by atoms with Crippen LogP contribution in [0.3, 0.4) is 0 Å². The molecule has 0 amide bonds. The highest BCUT2D eigenvalue weighted by Crippen LogP contribution is 2.31. The topological polar surface area (TPSA) is 12.0 Å². The molecule has 0 aliphatic rings. The van der Waals surface area contributed by atoms with Crippen LogP contribution in [0.5, 0.6) is 0 Å². The molecule has 0 aliphatic carbocycles. The molecule has 17 heavy (non-hydrogen) atoms. The van der Waals surface area contributed by atoms with Crippen molar-refractivity contribution >= 4 is 21.4 Å². The Morgan fingerprint density at radius 3 is 2.82 bits per heavy atom. The maximum absolute atomic E-state index is 13.1. The lowest BCUT2D eigenvalue weighted by molar-refractivity contribution is 0.554. The van der Waals surface area contributed by atoms with Crippen LogP contribution in [0.15, 0.2) is 18.2 Å². The largest absolute Gasteiger partial charge is 0.312 e. The lowest BCUT2D eigenvalue weighted by Gasteiger charge is -2.06. The summed E-state index contributed by atoms with van der Waals surface area (Å²) in [6, 6.07) is 5.04. The molecule has 3 heteroatoms. The summed E-state index contributed by atoms with van der Waals surface area (Å²) < 4.78 is 14.2. The van der Waals surface area contributed by atoms with E-state index < -0.39 is 0 Å². The third kappa shape index (κ3) is 2.85. The van der Waals surface area contributed by atoms with Crippen molar-refractivity contribution in [3.05, 3.63) is 34.5 Å². The molecule has 2 aromatic rings. The summed E-state index contributed by atoms with van der Waals surface area (Å²) in [6.45, 7) is 8.40. The molecule has 0 aliphatic heterocycles. The normalized spacial score (nSPS) is 11.6. The van der Waals surface area contributed by atoms with Gasteiger partial charge in [-0.1, -0.05) is 19.9 Å². The Morgan fingerprint density at radius 1 is 1.35 bits per heavy atom. The first-order valence-corrected chi connectivity index (χ1v) is 6.78. The molecule has 0 saturated carbocycles. The molecule has 1 aromatic carbocycles. The van der Waals surface area contributed by atoms with E-state index in [1.54, 1.807) is 17.4 Å². The van der Waals surface area contributed by atoms with Crippen LogP contribution in [0, 0.1) is 18.7 Å². The van der Waals surface area contributed by atoms with Crippen molar-refractivity contribution in [3.63, 3.8) is 0 Å². The van der Waals surface area contributed by atoms with Gasteiger partial charge in [0, 0.05) is 16.1 Å². The zero-order valence-electron chi connectivity index (χ0n) is 10.5. The van der Waals surface area contributed by atoms with Gasteiger partial charge in [-0.25, -0.2) is 4.39 Å². The lowest BCUT2D eigenvalue weighted by atomic mass is 10.1. The zero-order valence-corrected chi connectivity index (χ0v) is 11.3. The number of nitrogens with one attached hydrogen (secondary N) is 1. The van der Waals surface area contributed by atoms with E-state index in [0.29, 0.717) is 5.92 Å². The molecule has 0 radical (unpaired) electrons. The molecule has 1 nitrogen and oxygen atoms in total. The Hall–Kier alpha value is -0.930. The number of hydrogen-bond acceptors (Lipinski definition) is 2. The molecule has 0 saturated heterocycles. The van der Waals surface area contributed by atoms with Gasteiger partial charge in [0.25, 0.3) is 0 Å². The van der Waals surface area contributed by atoms with Crippen LogP contribution in [0.25, 0.3) is 10.1 Å². The molecule has 0 bridgehead atoms. The van der Waals surface area contributed by atoms with Crippen LogP contribution in [-0.2, 0) is 6.54 Å². The molecule has 1 heterocycles. The number of fused-ring (bicyclic) bond motifs is 1. The summed E-state index contributed by atoms with van der Waals surface area (Å²) >= 11 is 1.69. The number of thiophene rings is 1. The molecule has 0 atom stereocenters. The minimum Gasteiger partial charge on any atom is -0.312 e. The van der Waals surface area contributed by atoms with E-state index in [0.717, 1.165) is 17.8 Å². The summed E-state index contributed by atoms with van der Waals surface area (Å²) in [7, 11) is 0. The number of benzene rings is 1. The van der Waals surface area contributed by atoms with Gasteiger partial charge in [0.05, 0.1) is 0 Å². The van der Waals surface area contributed by atoms with Gasteiger partial charge in [-0.05, 0) is 42.5 Å². The third-order valence-electron chi connectivity index (χ3n) is 2.84. The SMILES string of the molecule is Cc1c(CNCC(C)C)sc2cc(F)ccc12. The van der Waals surface area contributed by atoms with Crippen molar-refractivity contribution in [1.82, 2.24) is 5.32 Å². The van der Waals surface area contributed by atoms with E-state index in [2.05, 4.69) is 26.1 Å². The Morgan fingerprint density at radius 2 is 2.12 bits per heavy atom. The van der Waals surface area contributed by atoms with Crippen molar-refractivity contribution in [2.24, 2.45) is 5.92 Å². The number of hydrogen-bond donors (Lipinski definition) is 1. The lowest BCUT2D eigenvalue weighted by Crippen LogP contribution is -2.18. The van der Waals surface area contributed by atoms with Gasteiger partial charge in [0.1, 0.15) is 5.82 Å². The van der Waals surface area contributed by atoms with Gasteiger partial charge in [-0.15, -0.1) is 11.3 Å². The van der Waals surface area contributed by atoms with Crippen molar-refractivity contribution in [1.29, 1.82) is 0 Å². The van der Waals surface area contributed by atoms with E-state index >= 15 is 0 Å². The van der Waals surface area contributed by atoms with Crippen LogP contribution >= 0.6 is 11.3 Å². The zero-order chi connectivity index (χ0) is 12.4. The first kappa shape index (κ1) is 12.5. The predicted octanol–water partition coefficient (Wildman–Crippen LogP) is 4.09. The van der Waals surface area contributed by atoms with E-state index in [4.69, 9.17) is 0 Å². The molecule has 0 fully saturated rings. The van der Waals surface area contributed by atoms with Gasteiger partial charge < -0.3 is 5.32 Å². The summed E-state index contributed by atoms with van der Waals surface area (Å²) in [5, 5.41) is 4.61. The highest BCUT2D eigenvalue weighted by atomic mass is 32.1. The molecule has 1 aromatic heterocycles. The van der Waals surface area contributed by atoms with Crippen LogP contribution in [-0.4, -0.2) is 6.54 Å². The first-order valence-electron chi connectivity index (χ1n) is 5.96. The van der Waals surface area contributed by atoms with Crippen LogP contribution in [0.4, 0.5) is 4.39 Å². The second-order valence-corrected chi connectivity index (χ2v) is 5.95. The second kappa shape index (κ2) is 5.15. The quantitative estimate of drug-likeness (QED) is 0.863. The number of rotatable bonds is 4. The molecule has 2 rings (SSSR count). The van der Waals surface area contributed by atoms with Gasteiger partial charge in [-0.2, -0.15) is 0 Å². The Kier molecular flexibility index (Phi) is 3.79. The predicted molar refractivity (Wildman–Crippen MR) is 73.1 cm³/mol. The Labute approximate surface area is 106 Å². The van der Waals surface area contributed by atoms with Crippen LogP contribution in [0.2, 0.25) is 0 Å². The molecular weight excluding hydrogens is 233 g/mol. The molecule has 0 spiro atoms. The van der Waals surface area contributed by atoms with E-state index in [9.17, 15) is 4.39 Å². The molecule has 0 unspecified atom stereocenters. The summed E-state index contributed by atoms with van der Waals surface area (Å²) in [6.07, 6.45) is 0. The average Bonchev–Trinajstić information content (AvgIpc) is 2.55. The number of halogens is 1. The highest BCUT2D eigenvalue weighted by Gasteiger charge is 2.08. The highest BCUT2D eigenvalue weighted by molar-refractivity contribution is 7.19. The van der Waals surface area contributed by atoms with Crippen LogP contribution in [0.1, 0.15) is 24.3 Å².